The zero-order valence-corrected chi connectivity index (χ0v) is 61.3. The molecule has 12 nitrogen and oxygen atoms in total. The second-order valence-electron chi connectivity index (χ2n) is 22.1. The Morgan fingerprint density at radius 1 is 0.165 bits per heavy atom. The van der Waals surface area contributed by atoms with Crippen LogP contribution in [0.5, 0.6) is 0 Å². The van der Waals surface area contributed by atoms with Gasteiger partial charge < -0.3 is 56.8 Å². The van der Waals surface area contributed by atoms with E-state index in [4.69, 9.17) is 0 Å². The van der Waals surface area contributed by atoms with Crippen molar-refractivity contribution in [1.29, 1.82) is 0 Å². The van der Waals surface area contributed by atoms with Crippen LogP contribution >= 0.6 is 44.2 Å². The van der Waals surface area contributed by atoms with E-state index < -0.39 is 44.2 Å². The normalized spacial score (nSPS) is 11.8. The van der Waals surface area contributed by atoms with Gasteiger partial charge >= 0.3 is 0 Å². The summed E-state index contributed by atoms with van der Waals surface area (Å²) in [5.74, 6) is 0. The minimum Gasteiger partial charge on any atom is -0.799 e. The van der Waals surface area contributed by atoms with Crippen LogP contribution in [0.2, 0.25) is 0 Å². The Hall–Kier alpha value is 1.83. The summed E-state index contributed by atoms with van der Waals surface area (Å²) in [6.07, 6.45) is 40.9. The van der Waals surface area contributed by atoms with Crippen molar-refractivity contribution in [3.05, 3.63) is 0 Å². The van der Waals surface area contributed by atoms with Crippen molar-refractivity contribution < 1.29 is 77.8 Å². The molecule has 0 aliphatic rings. The van der Waals surface area contributed by atoms with Gasteiger partial charge in [-0.15, -0.1) is 0 Å². The monoisotopic (exact) mass is 1330 g/mol. The van der Waals surface area contributed by atoms with Crippen molar-refractivity contribution in [2.45, 2.75) is 314 Å². The first-order valence-electron chi connectivity index (χ1n) is 32.5. The molecule has 0 unspecified atom stereocenters. The van der Waals surface area contributed by atoms with Gasteiger partial charge in [-0.3, -0.25) is 0 Å². The molecule has 0 aromatic carbocycles. The number of hydrogen-bond acceptors (Lipinski definition) is 12. The molecular formula is C60H132MoO12P6-6. The summed E-state index contributed by atoms with van der Waals surface area (Å²) in [5.41, 5.74) is 0. The maximum atomic E-state index is 11.4. The molecule has 0 atom stereocenters. The summed E-state index contributed by atoms with van der Waals surface area (Å²) >= 11 is 0. The van der Waals surface area contributed by atoms with Gasteiger partial charge in [0.2, 0.25) is 0 Å². The molecule has 19 heteroatoms. The zero-order chi connectivity index (χ0) is 60.9. The molecule has 0 spiro atoms. The van der Waals surface area contributed by atoms with Gasteiger partial charge in [0.1, 0.15) is 0 Å². The van der Waals surface area contributed by atoms with Gasteiger partial charge in [-0.1, -0.05) is 237 Å². The molecule has 0 aromatic rings. The largest absolute Gasteiger partial charge is 0.799 e. The van der Waals surface area contributed by atoms with Gasteiger partial charge in [0.25, 0.3) is 0 Å². The molecule has 0 heterocycles. The summed E-state index contributed by atoms with van der Waals surface area (Å²) in [6.45, 7) is 25.1. The third-order valence-corrected chi connectivity index (χ3v) is 25.2. The van der Waals surface area contributed by atoms with Gasteiger partial charge in [-0.05, 0) is 151 Å². The van der Waals surface area contributed by atoms with Crippen LogP contribution in [-0.4, -0.2) is 73.9 Å². The zero-order valence-electron chi connectivity index (χ0n) is 53.9. The molecule has 0 aliphatic carbocycles. The maximum absolute atomic E-state index is 11.4. The molecule has 0 saturated carbocycles. The summed E-state index contributed by atoms with van der Waals surface area (Å²) in [5, 5.41) is 0. The Balaban J connectivity index is -0.000000157. The molecule has 0 radical (unpaired) electrons. The van der Waals surface area contributed by atoms with Crippen LogP contribution in [0.1, 0.15) is 314 Å². The Bertz CT molecular complexity index is 1140. The van der Waals surface area contributed by atoms with E-state index in [0.29, 0.717) is 73.9 Å². The Morgan fingerprint density at radius 2 is 0.228 bits per heavy atom. The van der Waals surface area contributed by atoms with Crippen LogP contribution in [0.3, 0.4) is 0 Å². The minimum absolute atomic E-state index is 0. The fourth-order valence-electron chi connectivity index (χ4n) is 7.90. The predicted molar refractivity (Wildman–Crippen MR) is 338 cm³/mol. The number of rotatable bonds is 48. The molecule has 0 aliphatic heterocycles. The molecule has 0 amide bonds. The third kappa shape index (κ3) is 88.7. The third-order valence-electron chi connectivity index (χ3n) is 13.2. The van der Waals surface area contributed by atoms with Crippen molar-refractivity contribution in [3.63, 3.8) is 0 Å². The average molecular weight is 1330 g/mol. The van der Waals surface area contributed by atoms with Gasteiger partial charge in [-0.2, -0.15) is 0 Å². The first-order valence-corrected chi connectivity index (χ1v) is 44.4. The Morgan fingerprint density at radius 3 is 0.278 bits per heavy atom. The summed E-state index contributed by atoms with van der Waals surface area (Å²) < 4.78 is 68.4. The molecule has 486 valence electrons. The molecule has 0 aromatic heterocycles. The molecule has 0 fully saturated rings. The maximum Gasteiger partial charge on any atom is 0.0148 e. The van der Waals surface area contributed by atoms with E-state index in [-0.39, 0.29) is 21.1 Å². The molecule has 0 bridgehead atoms. The van der Waals surface area contributed by atoms with Crippen molar-refractivity contribution in [2.75, 3.05) is 73.9 Å². The topological polar surface area (TPSA) is 241 Å². The average Bonchev–Trinajstić information content (AvgIpc) is 3.35. The van der Waals surface area contributed by atoms with E-state index >= 15 is 0 Å². The molecule has 79 heavy (non-hydrogen) atoms. The summed E-state index contributed by atoms with van der Waals surface area (Å²) in [7, 11) is -18.0. The quantitative estimate of drug-likeness (QED) is 0.0314. The molecular weight excluding hydrogens is 1190 g/mol. The number of unbranched alkanes of at least 4 members (excludes halogenated alkanes) is 24. The van der Waals surface area contributed by atoms with Crippen molar-refractivity contribution in [2.24, 2.45) is 0 Å². The van der Waals surface area contributed by atoms with Crippen LogP contribution in [0.15, 0.2) is 0 Å². The predicted octanol–water partition coefficient (Wildman–Crippen LogP) is 18.0. The van der Waals surface area contributed by atoms with Crippen molar-refractivity contribution in [1.82, 2.24) is 0 Å². The first kappa shape index (κ1) is 94.5. The van der Waals surface area contributed by atoms with E-state index in [0.717, 1.165) is 231 Å². The SMILES string of the molecule is CCCCCP(=O)([O-])CCCCC.CCCCCP(=O)([O-])CCCCC.CCCCCP(=O)([O-])CCCCC.CCCCCP(=O)([O-])CCCCC.CCCCCP(=O)([O-])CCCCC.CCCCCP(=O)([O-])CCCCC.[Mo]. The van der Waals surface area contributed by atoms with Gasteiger partial charge in [0.15, 0.2) is 0 Å². The smallest absolute Gasteiger partial charge is 0.0148 e. The van der Waals surface area contributed by atoms with Gasteiger partial charge in [0, 0.05) is 65.3 Å². The van der Waals surface area contributed by atoms with Gasteiger partial charge in [0.05, 0.1) is 0 Å². The molecule has 0 saturated heterocycles. The van der Waals surface area contributed by atoms with E-state index in [2.05, 4.69) is 83.1 Å². The standard InChI is InChI=1S/6C10H23O2P.Mo/c6*1-3-5-7-9-13(11,12)10-8-6-4-2;/h6*3-10H2,1-2H3,(H,11,12);/p-6. The van der Waals surface area contributed by atoms with E-state index in [1.54, 1.807) is 0 Å². The first-order chi connectivity index (χ1) is 36.7. The van der Waals surface area contributed by atoms with Crippen LogP contribution < -0.4 is 29.4 Å². The van der Waals surface area contributed by atoms with Crippen LogP contribution in [0.4, 0.5) is 0 Å². The van der Waals surface area contributed by atoms with Crippen LogP contribution in [0, 0.1) is 0 Å². The van der Waals surface area contributed by atoms with E-state index in [9.17, 15) is 56.8 Å². The Kier molecular flexibility index (Phi) is 80.5. The Labute approximate surface area is 507 Å². The fourth-order valence-corrected chi connectivity index (χ4v) is 17.7. The van der Waals surface area contributed by atoms with Crippen LogP contribution in [-0.2, 0) is 48.5 Å². The van der Waals surface area contributed by atoms with Crippen molar-refractivity contribution >= 4 is 44.2 Å². The van der Waals surface area contributed by atoms with Crippen LogP contribution in [0.25, 0.3) is 0 Å². The van der Waals surface area contributed by atoms with Gasteiger partial charge in [-0.25, -0.2) is 0 Å². The number of hydrogen-bond donors (Lipinski definition) is 0. The van der Waals surface area contributed by atoms with E-state index in [1.807, 2.05) is 0 Å². The minimum atomic E-state index is -3.00. The molecule has 0 rings (SSSR count). The van der Waals surface area contributed by atoms with E-state index in [1.165, 1.54) is 0 Å². The fraction of sp³-hybridized carbons (Fsp3) is 1.00. The summed E-state index contributed by atoms with van der Waals surface area (Å²) in [4.78, 5) is 68.4. The second-order valence-corrected chi connectivity index (χ2v) is 37.2. The summed E-state index contributed by atoms with van der Waals surface area (Å²) in [6, 6.07) is 0. The van der Waals surface area contributed by atoms with Crippen molar-refractivity contribution in [3.8, 4) is 0 Å². The second kappa shape index (κ2) is 67.3. The molecule has 0 N–H and O–H groups in total.